The lowest BCUT2D eigenvalue weighted by Crippen LogP contribution is -2.46. The first-order chi connectivity index (χ1) is 12.1. The quantitative estimate of drug-likeness (QED) is 0.900. The monoisotopic (exact) mass is 347 g/mol. The number of anilines is 1. The molecule has 1 saturated heterocycles. The van der Waals surface area contributed by atoms with Gasteiger partial charge in [0.2, 0.25) is 5.95 Å². The van der Waals surface area contributed by atoms with Crippen LogP contribution in [0.1, 0.15) is 49.9 Å². The normalized spacial score (nSPS) is 20.9. The Morgan fingerprint density at radius 3 is 2.80 bits per heavy atom. The number of amides is 1. The maximum absolute atomic E-state index is 11.8. The Hall–Kier alpha value is -1.89. The van der Waals surface area contributed by atoms with Gasteiger partial charge in [-0.05, 0) is 39.0 Å². The number of aromatic nitrogens is 2. The molecule has 0 bridgehead atoms. The third-order valence-corrected chi connectivity index (χ3v) is 5.03. The van der Waals surface area contributed by atoms with E-state index in [1.165, 1.54) is 11.3 Å². The Bertz CT molecular complexity index is 599. The smallest absolute Gasteiger partial charge is 0.409 e. The SMILES string of the molecule is CCOC(=O)N1CCC(N[C@H]2CCCc3nc(N(C)C)ncc32)CC1. The fraction of sp³-hybridized carbons (Fsp3) is 0.722. The van der Waals surface area contributed by atoms with Crippen LogP contribution in [-0.2, 0) is 11.2 Å². The number of fused-ring (bicyclic) bond motifs is 1. The van der Waals surface area contributed by atoms with Gasteiger partial charge in [-0.15, -0.1) is 0 Å². The zero-order valence-corrected chi connectivity index (χ0v) is 15.5. The van der Waals surface area contributed by atoms with Crippen LogP contribution in [0.25, 0.3) is 0 Å². The number of carbonyl (C=O) groups is 1. The van der Waals surface area contributed by atoms with E-state index in [1.54, 1.807) is 0 Å². The number of hydrogen-bond acceptors (Lipinski definition) is 6. The van der Waals surface area contributed by atoms with Crippen LogP contribution in [0.4, 0.5) is 10.7 Å². The second-order valence-corrected chi connectivity index (χ2v) is 7.04. The highest BCUT2D eigenvalue weighted by Gasteiger charge is 2.28. The Morgan fingerprint density at radius 2 is 2.12 bits per heavy atom. The molecule has 25 heavy (non-hydrogen) atoms. The number of carbonyl (C=O) groups excluding carboxylic acids is 1. The van der Waals surface area contributed by atoms with Crippen LogP contribution in [0.3, 0.4) is 0 Å². The third-order valence-electron chi connectivity index (χ3n) is 5.03. The molecule has 0 spiro atoms. The first-order valence-corrected chi connectivity index (χ1v) is 9.29. The number of aryl methyl sites for hydroxylation is 1. The minimum Gasteiger partial charge on any atom is -0.450 e. The van der Waals surface area contributed by atoms with Crippen molar-refractivity contribution in [3.63, 3.8) is 0 Å². The molecule has 0 radical (unpaired) electrons. The summed E-state index contributed by atoms with van der Waals surface area (Å²) in [6, 6.07) is 0.745. The number of hydrogen-bond donors (Lipinski definition) is 1. The maximum Gasteiger partial charge on any atom is 0.409 e. The lowest BCUT2D eigenvalue weighted by Gasteiger charge is -2.35. The highest BCUT2D eigenvalue weighted by Crippen LogP contribution is 2.30. The molecule has 3 rings (SSSR count). The average molecular weight is 347 g/mol. The second kappa shape index (κ2) is 7.99. The van der Waals surface area contributed by atoms with Gasteiger partial charge in [-0.1, -0.05) is 0 Å². The summed E-state index contributed by atoms with van der Waals surface area (Å²) < 4.78 is 5.09. The largest absolute Gasteiger partial charge is 0.450 e. The average Bonchev–Trinajstić information content (AvgIpc) is 2.62. The fourth-order valence-electron chi connectivity index (χ4n) is 3.65. The molecule has 2 heterocycles. The number of nitrogens with one attached hydrogen (secondary N) is 1. The number of ether oxygens (including phenoxy) is 1. The van der Waals surface area contributed by atoms with Gasteiger partial charge in [0, 0.05) is 51.0 Å². The second-order valence-electron chi connectivity index (χ2n) is 7.04. The van der Waals surface area contributed by atoms with Crippen LogP contribution in [0.15, 0.2) is 6.20 Å². The molecule has 0 saturated carbocycles. The molecule has 7 nitrogen and oxygen atoms in total. The first-order valence-electron chi connectivity index (χ1n) is 9.29. The molecular weight excluding hydrogens is 318 g/mol. The van der Waals surface area contributed by atoms with Gasteiger partial charge in [0.1, 0.15) is 0 Å². The zero-order valence-electron chi connectivity index (χ0n) is 15.5. The van der Waals surface area contributed by atoms with E-state index in [4.69, 9.17) is 9.72 Å². The molecule has 138 valence electrons. The molecule has 1 aromatic rings. The van der Waals surface area contributed by atoms with E-state index in [2.05, 4.69) is 10.3 Å². The Balaban J connectivity index is 1.59. The van der Waals surface area contributed by atoms with Gasteiger partial charge in [0.25, 0.3) is 0 Å². The van der Waals surface area contributed by atoms with E-state index in [9.17, 15) is 4.79 Å². The number of piperidine rings is 1. The van der Waals surface area contributed by atoms with Gasteiger partial charge >= 0.3 is 6.09 Å². The van der Waals surface area contributed by atoms with E-state index >= 15 is 0 Å². The van der Waals surface area contributed by atoms with Crippen molar-refractivity contribution in [2.75, 3.05) is 38.7 Å². The lowest BCUT2D eigenvalue weighted by atomic mass is 9.91. The van der Waals surface area contributed by atoms with Crippen LogP contribution in [-0.4, -0.2) is 60.8 Å². The van der Waals surface area contributed by atoms with E-state index in [0.717, 1.165) is 51.1 Å². The van der Waals surface area contributed by atoms with Crippen molar-refractivity contribution < 1.29 is 9.53 Å². The van der Waals surface area contributed by atoms with Crippen LogP contribution in [0, 0.1) is 0 Å². The molecule has 1 aliphatic heterocycles. The van der Waals surface area contributed by atoms with E-state index in [0.29, 0.717) is 18.7 Å². The highest BCUT2D eigenvalue weighted by molar-refractivity contribution is 5.67. The summed E-state index contributed by atoms with van der Waals surface area (Å²) in [6.07, 6.45) is 7.02. The van der Waals surface area contributed by atoms with Gasteiger partial charge in [0.05, 0.1) is 12.3 Å². The van der Waals surface area contributed by atoms with Crippen LogP contribution in [0.5, 0.6) is 0 Å². The molecule has 0 unspecified atom stereocenters. The number of likely N-dealkylation sites (tertiary alicyclic amines) is 1. The highest BCUT2D eigenvalue weighted by atomic mass is 16.6. The summed E-state index contributed by atoms with van der Waals surface area (Å²) in [5, 5.41) is 3.78. The predicted octanol–water partition coefficient (Wildman–Crippen LogP) is 2.13. The topological polar surface area (TPSA) is 70.6 Å². The predicted molar refractivity (Wildman–Crippen MR) is 96.8 cm³/mol. The van der Waals surface area contributed by atoms with E-state index in [1.807, 2.05) is 37.0 Å². The van der Waals surface area contributed by atoms with Crippen molar-refractivity contribution in [1.29, 1.82) is 0 Å². The van der Waals surface area contributed by atoms with Crippen molar-refractivity contribution >= 4 is 12.0 Å². The summed E-state index contributed by atoms with van der Waals surface area (Å²) in [5.74, 6) is 0.780. The maximum atomic E-state index is 11.8. The Labute approximate surface area is 149 Å². The zero-order chi connectivity index (χ0) is 17.8. The molecule has 1 fully saturated rings. The van der Waals surface area contributed by atoms with Gasteiger partial charge < -0.3 is 19.9 Å². The first kappa shape index (κ1) is 17.9. The number of rotatable bonds is 4. The summed E-state index contributed by atoms with van der Waals surface area (Å²) in [6.45, 7) is 3.79. The standard InChI is InChI=1S/C18H29N5O2/c1-4-25-18(24)23-10-8-13(9-11-23)20-15-6-5-7-16-14(15)12-19-17(21-16)22(2)3/h12-13,15,20H,4-11H2,1-3H3/t15-/m0/s1. The van der Waals surface area contributed by atoms with Crippen molar-refractivity contribution in [3.8, 4) is 0 Å². The number of nitrogens with zero attached hydrogens (tertiary/aromatic N) is 4. The van der Waals surface area contributed by atoms with Crippen molar-refractivity contribution in [3.05, 3.63) is 17.5 Å². The molecule has 0 aromatic carbocycles. The van der Waals surface area contributed by atoms with E-state index in [-0.39, 0.29) is 6.09 Å². The molecule has 1 atom stereocenters. The van der Waals surface area contributed by atoms with Crippen molar-refractivity contribution in [2.24, 2.45) is 0 Å². The molecule has 1 aliphatic carbocycles. The third kappa shape index (κ3) is 4.21. The summed E-state index contributed by atoms with van der Waals surface area (Å²) in [5.41, 5.74) is 2.41. The molecule has 1 amide bonds. The molecular formula is C18H29N5O2. The molecule has 1 N–H and O–H groups in total. The van der Waals surface area contributed by atoms with Gasteiger partial charge in [-0.25, -0.2) is 14.8 Å². The summed E-state index contributed by atoms with van der Waals surface area (Å²) >= 11 is 0. The minimum atomic E-state index is -0.187. The van der Waals surface area contributed by atoms with Gasteiger partial charge in [-0.2, -0.15) is 0 Å². The van der Waals surface area contributed by atoms with Crippen molar-refractivity contribution in [1.82, 2.24) is 20.2 Å². The lowest BCUT2D eigenvalue weighted by molar-refractivity contribution is 0.0939. The Morgan fingerprint density at radius 1 is 1.36 bits per heavy atom. The summed E-state index contributed by atoms with van der Waals surface area (Å²) in [7, 11) is 3.94. The fourth-order valence-corrected chi connectivity index (χ4v) is 3.65. The van der Waals surface area contributed by atoms with Crippen LogP contribution < -0.4 is 10.2 Å². The van der Waals surface area contributed by atoms with Crippen LogP contribution >= 0.6 is 0 Å². The van der Waals surface area contributed by atoms with Gasteiger partial charge in [-0.3, -0.25) is 0 Å². The molecule has 2 aliphatic rings. The molecule has 7 heteroatoms. The van der Waals surface area contributed by atoms with Crippen LogP contribution in [0.2, 0.25) is 0 Å². The summed E-state index contributed by atoms with van der Waals surface area (Å²) in [4.78, 5) is 24.8. The van der Waals surface area contributed by atoms with Crippen molar-refractivity contribution in [2.45, 2.75) is 51.1 Å². The van der Waals surface area contributed by atoms with Gasteiger partial charge in [0.15, 0.2) is 0 Å². The van der Waals surface area contributed by atoms with E-state index < -0.39 is 0 Å². The minimum absolute atomic E-state index is 0.187. The Kier molecular flexibility index (Phi) is 5.73. The molecule has 1 aromatic heterocycles.